The predicted octanol–water partition coefficient (Wildman–Crippen LogP) is 1.76. The Morgan fingerprint density at radius 1 is 1.47 bits per heavy atom. The van der Waals surface area contributed by atoms with Crippen LogP contribution < -0.4 is 5.32 Å². The molecule has 2 N–H and O–H groups in total. The van der Waals surface area contributed by atoms with E-state index in [4.69, 9.17) is 5.11 Å². The van der Waals surface area contributed by atoms with Gasteiger partial charge in [-0.2, -0.15) is 5.10 Å². The molecule has 0 saturated carbocycles. The Balaban J connectivity index is 1.88. The molecule has 1 aromatic carbocycles. The lowest BCUT2D eigenvalue weighted by Crippen LogP contribution is -2.30. The maximum absolute atomic E-state index is 10.9. The minimum absolute atomic E-state index is 0.258. The van der Waals surface area contributed by atoms with Crippen LogP contribution in [0.5, 0.6) is 0 Å². The zero-order chi connectivity index (χ0) is 13.7. The molecular weight excluding hydrogens is 242 g/mol. The number of rotatable bonds is 6. The highest BCUT2D eigenvalue weighted by molar-refractivity contribution is 5.87. The van der Waals surface area contributed by atoms with Gasteiger partial charge in [-0.3, -0.25) is 4.68 Å². The summed E-state index contributed by atoms with van der Waals surface area (Å²) in [6.45, 7) is 3.50. The molecule has 0 amide bonds. The van der Waals surface area contributed by atoms with Crippen molar-refractivity contribution in [2.45, 2.75) is 26.1 Å². The first-order valence-corrected chi connectivity index (χ1v) is 6.18. The molecule has 0 aliphatic heterocycles. The number of carbonyl (C=O) groups is 1. The Morgan fingerprint density at radius 2 is 2.32 bits per heavy atom. The van der Waals surface area contributed by atoms with Crippen molar-refractivity contribution in [3.63, 3.8) is 0 Å². The Hall–Kier alpha value is -2.14. The molecule has 2 aromatic rings. The van der Waals surface area contributed by atoms with Crippen LogP contribution in [0.4, 0.5) is 0 Å². The maximum Gasteiger partial charge on any atom is 0.335 e. The van der Waals surface area contributed by atoms with Gasteiger partial charge in [0.25, 0.3) is 0 Å². The van der Waals surface area contributed by atoms with Crippen molar-refractivity contribution in [3.8, 4) is 0 Å². The van der Waals surface area contributed by atoms with Gasteiger partial charge in [-0.15, -0.1) is 0 Å². The third kappa shape index (κ3) is 3.93. The van der Waals surface area contributed by atoms with E-state index in [1.165, 1.54) is 0 Å². The summed E-state index contributed by atoms with van der Waals surface area (Å²) in [5.74, 6) is -0.897. The van der Waals surface area contributed by atoms with Crippen LogP contribution in [0.3, 0.4) is 0 Å². The number of carboxylic acids is 1. The molecular formula is C14H17N3O2. The predicted molar refractivity (Wildman–Crippen MR) is 71.9 cm³/mol. The van der Waals surface area contributed by atoms with Gasteiger partial charge in [0.2, 0.25) is 0 Å². The average Bonchev–Trinajstić information content (AvgIpc) is 2.89. The standard InChI is InChI=1S/C14H17N3O2/c1-11(10-17-7-3-6-16-17)15-9-12-4-2-5-13(8-12)14(18)19/h2-8,11,15H,9-10H2,1H3,(H,18,19). The Kier molecular flexibility index (Phi) is 4.30. The zero-order valence-electron chi connectivity index (χ0n) is 10.8. The lowest BCUT2D eigenvalue weighted by atomic mass is 10.1. The maximum atomic E-state index is 10.9. The van der Waals surface area contributed by atoms with E-state index in [-0.39, 0.29) is 6.04 Å². The number of hydrogen-bond donors (Lipinski definition) is 2. The molecule has 5 heteroatoms. The van der Waals surface area contributed by atoms with E-state index in [1.54, 1.807) is 24.4 Å². The SMILES string of the molecule is CC(Cn1cccn1)NCc1cccc(C(=O)O)c1. The van der Waals surface area contributed by atoms with E-state index in [0.29, 0.717) is 12.1 Å². The number of carboxylic acid groups (broad SMARTS) is 1. The van der Waals surface area contributed by atoms with Crippen LogP contribution in [-0.4, -0.2) is 26.9 Å². The first-order chi connectivity index (χ1) is 9.15. The summed E-state index contributed by atoms with van der Waals surface area (Å²) >= 11 is 0. The Bertz CT molecular complexity index is 537. The van der Waals surface area contributed by atoms with Crippen molar-refractivity contribution in [2.24, 2.45) is 0 Å². The van der Waals surface area contributed by atoms with Gasteiger partial charge < -0.3 is 10.4 Å². The van der Waals surface area contributed by atoms with E-state index in [0.717, 1.165) is 12.1 Å². The van der Waals surface area contributed by atoms with Gasteiger partial charge in [-0.1, -0.05) is 12.1 Å². The Labute approximate surface area is 111 Å². The molecule has 1 unspecified atom stereocenters. The summed E-state index contributed by atoms with van der Waals surface area (Å²) in [4.78, 5) is 10.9. The highest BCUT2D eigenvalue weighted by Gasteiger charge is 2.05. The monoisotopic (exact) mass is 259 g/mol. The Morgan fingerprint density at radius 3 is 3.00 bits per heavy atom. The molecule has 1 aromatic heterocycles. The number of nitrogens with one attached hydrogen (secondary N) is 1. The molecule has 1 heterocycles. The van der Waals surface area contributed by atoms with Crippen LogP contribution in [0.15, 0.2) is 42.7 Å². The third-order valence-corrected chi connectivity index (χ3v) is 2.85. The lowest BCUT2D eigenvalue weighted by Gasteiger charge is -2.14. The van der Waals surface area contributed by atoms with Crippen molar-refractivity contribution >= 4 is 5.97 Å². The minimum atomic E-state index is -0.897. The molecule has 19 heavy (non-hydrogen) atoms. The lowest BCUT2D eigenvalue weighted by molar-refractivity contribution is 0.0696. The highest BCUT2D eigenvalue weighted by atomic mass is 16.4. The van der Waals surface area contributed by atoms with Gasteiger partial charge in [0.1, 0.15) is 0 Å². The van der Waals surface area contributed by atoms with E-state index < -0.39 is 5.97 Å². The largest absolute Gasteiger partial charge is 0.478 e. The molecule has 100 valence electrons. The van der Waals surface area contributed by atoms with Crippen LogP contribution >= 0.6 is 0 Å². The molecule has 1 atom stereocenters. The van der Waals surface area contributed by atoms with Crippen LogP contribution in [0.25, 0.3) is 0 Å². The van der Waals surface area contributed by atoms with Gasteiger partial charge in [0.15, 0.2) is 0 Å². The molecule has 0 saturated heterocycles. The number of nitrogens with zero attached hydrogens (tertiary/aromatic N) is 2. The van der Waals surface area contributed by atoms with Gasteiger partial charge >= 0.3 is 5.97 Å². The topological polar surface area (TPSA) is 67.2 Å². The molecule has 0 radical (unpaired) electrons. The molecule has 0 fully saturated rings. The molecule has 5 nitrogen and oxygen atoms in total. The summed E-state index contributed by atoms with van der Waals surface area (Å²) < 4.78 is 1.87. The van der Waals surface area contributed by atoms with E-state index >= 15 is 0 Å². The molecule has 2 rings (SSSR count). The van der Waals surface area contributed by atoms with Crippen molar-refractivity contribution in [2.75, 3.05) is 0 Å². The van der Waals surface area contributed by atoms with Crippen molar-refractivity contribution in [1.82, 2.24) is 15.1 Å². The number of benzene rings is 1. The first-order valence-electron chi connectivity index (χ1n) is 6.18. The van der Waals surface area contributed by atoms with E-state index in [1.807, 2.05) is 23.0 Å². The second kappa shape index (κ2) is 6.15. The average molecular weight is 259 g/mol. The quantitative estimate of drug-likeness (QED) is 0.829. The van der Waals surface area contributed by atoms with E-state index in [9.17, 15) is 4.79 Å². The fourth-order valence-corrected chi connectivity index (χ4v) is 1.86. The number of aromatic nitrogens is 2. The second-order valence-electron chi connectivity index (χ2n) is 4.52. The summed E-state index contributed by atoms with van der Waals surface area (Å²) in [6.07, 6.45) is 3.67. The van der Waals surface area contributed by atoms with Crippen molar-refractivity contribution < 1.29 is 9.90 Å². The van der Waals surface area contributed by atoms with Crippen LogP contribution in [0.1, 0.15) is 22.8 Å². The van der Waals surface area contributed by atoms with E-state index in [2.05, 4.69) is 17.3 Å². The fourth-order valence-electron chi connectivity index (χ4n) is 1.86. The van der Waals surface area contributed by atoms with Gasteiger partial charge in [-0.25, -0.2) is 4.79 Å². The normalized spacial score (nSPS) is 12.3. The van der Waals surface area contributed by atoms with Gasteiger partial charge in [0, 0.05) is 25.0 Å². The molecule has 0 bridgehead atoms. The smallest absolute Gasteiger partial charge is 0.335 e. The van der Waals surface area contributed by atoms with Gasteiger partial charge in [-0.05, 0) is 30.7 Å². The number of aromatic carboxylic acids is 1. The van der Waals surface area contributed by atoms with Crippen LogP contribution in [-0.2, 0) is 13.1 Å². The molecule has 0 aliphatic rings. The molecule has 0 aliphatic carbocycles. The first kappa shape index (κ1) is 13.3. The van der Waals surface area contributed by atoms with Crippen molar-refractivity contribution in [1.29, 1.82) is 0 Å². The summed E-state index contributed by atoms with van der Waals surface area (Å²) in [5, 5.41) is 16.4. The number of hydrogen-bond acceptors (Lipinski definition) is 3. The minimum Gasteiger partial charge on any atom is -0.478 e. The molecule has 0 spiro atoms. The second-order valence-corrected chi connectivity index (χ2v) is 4.52. The highest BCUT2D eigenvalue weighted by Crippen LogP contribution is 2.05. The summed E-state index contributed by atoms with van der Waals surface area (Å²) in [5.41, 5.74) is 1.28. The van der Waals surface area contributed by atoms with Gasteiger partial charge in [0.05, 0.1) is 12.1 Å². The fraction of sp³-hybridized carbons (Fsp3) is 0.286. The summed E-state index contributed by atoms with van der Waals surface area (Å²) in [6, 6.07) is 9.12. The summed E-state index contributed by atoms with van der Waals surface area (Å²) in [7, 11) is 0. The zero-order valence-corrected chi connectivity index (χ0v) is 10.8. The van der Waals surface area contributed by atoms with Crippen LogP contribution in [0.2, 0.25) is 0 Å². The van der Waals surface area contributed by atoms with Crippen molar-refractivity contribution in [3.05, 3.63) is 53.9 Å². The van der Waals surface area contributed by atoms with Crippen LogP contribution in [0, 0.1) is 0 Å². The third-order valence-electron chi connectivity index (χ3n) is 2.85.